The maximum atomic E-state index is 5.55. The van der Waals surface area contributed by atoms with Crippen molar-refractivity contribution < 1.29 is 4.74 Å². The molecule has 0 spiro atoms. The van der Waals surface area contributed by atoms with E-state index in [1.165, 1.54) is 12.8 Å². The van der Waals surface area contributed by atoms with Crippen LogP contribution in [0.15, 0.2) is 55.1 Å². The molecule has 6 heteroatoms. The van der Waals surface area contributed by atoms with Gasteiger partial charge in [-0.1, -0.05) is 0 Å². The molecule has 4 aromatic heterocycles. The van der Waals surface area contributed by atoms with Crippen LogP contribution < -0.4 is 0 Å². The lowest BCUT2D eigenvalue weighted by Gasteiger charge is -2.22. The van der Waals surface area contributed by atoms with Crippen LogP contribution in [0.1, 0.15) is 44.0 Å². The van der Waals surface area contributed by atoms with E-state index < -0.39 is 0 Å². The summed E-state index contributed by atoms with van der Waals surface area (Å²) in [6.07, 6.45) is 10.5. The molecule has 0 unspecified atom stereocenters. The first-order valence-corrected chi connectivity index (χ1v) is 10.3. The van der Waals surface area contributed by atoms with Gasteiger partial charge < -0.3 is 4.74 Å². The van der Waals surface area contributed by atoms with Crippen LogP contribution in [-0.4, -0.2) is 37.3 Å². The summed E-state index contributed by atoms with van der Waals surface area (Å²) < 4.78 is 7.52. The molecule has 152 valence electrons. The molecule has 0 aliphatic heterocycles. The first-order chi connectivity index (χ1) is 14.6. The SMILES string of the molecule is COC(C)(C)Cc1ccc(-c2c(C3CC3)nc3c(-c4ccncc4)ccnn23)cn1. The van der Waals surface area contributed by atoms with Gasteiger partial charge in [0.15, 0.2) is 5.65 Å². The summed E-state index contributed by atoms with van der Waals surface area (Å²) in [5.41, 5.74) is 7.02. The molecule has 0 saturated heterocycles. The van der Waals surface area contributed by atoms with E-state index in [9.17, 15) is 0 Å². The predicted molar refractivity (Wildman–Crippen MR) is 116 cm³/mol. The molecule has 0 atom stereocenters. The maximum absolute atomic E-state index is 5.55. The van der Waals surface area contributed by atoms with E-state index in [1.54, 1.807) is 7.11 Å². The van der Waals surface area contributed by atoms with Gasteiger partial charge >= 0.3 is 0 Å². The standard InChI is InChI=1S/C24H25N5O/c1-24(2,30-3)14-19-7-6-18(15-26-19)22-21(17-4-5-17)28-23-20(10-13-27-29(22)23)16-8-11-25-12-9-16/h6-13,15,17H,4-5,14H2,1-3H3. The summed E-state index contributed by atoms with van der Waals surface area (Å²) in [7, 11) is 1.74. The van der Waals surface area contributed by atoms with Gasteiger partial charge in [-0.25, -0.2) is 9.50 Å². The smallest absolute Gasteiger partial charge is 0.162 e. The van der Waals surface area contributed by atoms with Gasteiger partial charge in [-0.05, 0) is 62.6 Å². The minimum atomic E-state index is -0.238. The second-order valence-electron chi connectivity index (χ2n) is 8.51. The summed E-state index contributed by atoms with van der Waals surface area (Å²) in [6, 6.07) is 10.2. The summed E-state index contributed by atoms with van der Waals surface area (Å²) >= 11 is 0. The monoisotopic (exact) mass is 399 g/mol. The average molecular weight is 399 g/mol. The lowest BCUT2D eigenvalue weighted by Crippen LogP contribution is -2.25. The molecule has 30 heavy (non-hydrogen) atoms. The largest absolute Gasteiger partial charge is 0.378 e. The Morgan fingerprint density at radius 2 is 1.83 bits per heavy atom. The van der Waals surface area contributed by atoms with Gasteiger partial charge in [0.25, 0.3) is 0 Å². The van der Waals surface area contributed by atoms with Crippen LogP contribution >= 0.6 is 0 Å². The van der Waals surface area contributed by atoms with E-state index >= 15 is 0 Å². The highest BCUT2D eigenvalue weighted by atomic mass is 16.5. The van der Waals surface area contributed by atoms with Crippen molar-refractivity contribution in [1.29, 1.82) is 0 Å². The number of pyridine rings is 2. The molecule has 4 heterocycles. The number of hydrogen-bond donors (Lipinski definition) is 0. The number of imidazole rings is 1. The quantitative estimate of drug-likeness (QED) is 0.470. The molecule has 1 aliphatic carbocycles. The van der Waals surface area contributed by atoms with Crippen molar-refractivity contribution in [3.05, 3.63) is 66.5 Å². The third-order valence-electron chi connectivity index (χ3n) is 5.76. The number of fused-ring (bicyclic) bond motifs is 1. The maximum Gasteiger partial charge on any atom is 0.162 e. The number of ether oxygens (including phenoxy) is 1. The minimum Gasteiger partial charge on any atom is -0.378 e. The second kappa shape index (κ2) is 7.29. The number of nitrogens with zero attached hydrogens (tertiary/aromatic N) is 5. The van der Waals surface area contributed by atoms with Gasteiger partial charge in [0.2, 0.25) is 0 Å². The van der Waals surface area contributed by atoms with E-state index in [0.29, 0.717) is 5.92 Å². The molecule has 4 aromatic rings. The molecule has 0 amide bonds. The Morgan fingerprint density at radius 1 is 1.03 bits per heavy atom. The first-order valence-electron chi connectivity index (χ1n) is 10.3. The Labute approximate surface area is 176 Å². The topological polar surface area (TPSA) is 65.2 Å². The van der Waals surface area contributed by atoms with E-state index in [4.69, 9.17) is 14.7 Å². The second-order valence-corrected chi connectivity index (χ2v) is 8.51. The van der Waals surface area contributed by atoms with Gasteiger partial charge in [0, 0.05) is 61.1 Å². The number of methoxy groups -OCH3 is 1. The van der Waals surface area contributed by atoms with Crippen molar-refractivity contribution in [1.82, 2.24) is 24.6 Å². The normalized spacial score (nSPS) is 14.4. The fourth-order valence-corrected chi connectivity index (χ4v) is 3.81. The zero-order valence-electron chi connectivity index (χ0n) is 17.5. The van der Waals surface area contributed by atoms with Crippen molar-refractivity contribution >= 4 is 5.65 Å². The molecule has 1 fully saturated rings. The van der Waals surface area contributed by atoms with Crippen molar-refractivity contribution in [2.45, 2.75) is 44.6 Å². The first kappa shape index (κ1) is 18.9. The Kier molecular flexibility index (Phi) is 4.59. The van der Waals surface area contributed by atoms with Crippen LogP contribution in [0.25, 0.3) is 28.0 Å². The molecule has 1 aliphatic rings. The van der Waals surface area contributed by atoms with E-state index in [1.807, 2.05) is 47.5 Å². The third-order valence-corrected chi connectivity index (χ3v) is 5.76. The van der Waals surface area contributed by atoms with Crippen molar-refractivity contribution in [2.75, 3.05) is 7.11 Å². The summed E-state index contributed by atoms with van der Waals surface area (Å²) in [5.74, 6) is 0.499. The fraction of sp³-hybridized carbons (Fsp3) is 0.333. The van der Waals surface area contributed by atoms with Crippen LogP contribution in [-0.2, 0) is 11.2 Å². The van der Waals surface area contributed by atoms with Gasteiger partial charge in [-0.2, -0.15) is 5.10 Å². The molecule has 1 saturated carbocycles. The van der Waals surface area contributed by atoms with Crippen molar-refractivity contribution in [2.24, 2.45) is 0 Å². The summed E-state index contributed by atoms with van der Waals surface area (Å²) in [4.78, 5) is 13.9. The third kappa shape index (κ3) is 3.48. The predicted octanol–water partition coefficient (Wildman–Crippen LogP) is 4.70. The molecular formula is C24H25N5O. The van der Waals surface area contributed by atoms with Gasteiger partial charge in [0.1, 0.15) is 0 Å². The Bertz CT molecular complexity index is 1180. The number of aromatic nitrogens is 5. The number of rotatable bonds is 6. The molecule has 0 aromatic carbocycles. The van der Waals surface area contributed by atoms with Crippen LogP contribution in [0.3, 0.4) is 0 Å². The Hall–Kier alpha value is -3.12. The van der Waals surface area contributed by atoms with E-state index in [0.717, 1.165) is 45.8 Å². The lowest BCUT2D eigenvalue weighted by molar-refractivity contribution is 0.0224. The van der Waals surface area contributed by atoms with Gasteiger partial charge in [-0.3, -0.25) is 9.97 Å². The van der Waals surface area contributed by atoms with Crippen LogP contribution in [0, 0.1) is 0 Å². The molecule has 0 bridgehead atoms. The molecular weight excluding hydrogens is 374 g/mol. The summed E-state index contributed by atoms with van der Waals surface area (Å²) in [5, 5.41) is 4.66. The zero-order chi connectivity index (χ0) is 20.7. The van der Waals surface area contributed by atoms with Crippen LogP contribution in [0.5, 0.6) is 0 Å². The van der Waals surface area contributed by atoms with E-state index in [2.05, 4.69) is 36.1 Å². The van der Waals surface area contributed by atoms with Crippen molar-refractivity contribution in [3.8, 4) is 22.4 Å². The fourth-order valence-electron chi connectivity index (χ4n) is 3.81. The van der Waals surface area contributed by atoms with Crippen LogP contribution in [0.2, 0.25) is 0 Å². The Morgan fingerprint density at radius 3 is 2.50 bits per heavy atom. The highest BCUT2D eigenvalue weighted by molar-refractivity contribution is 5.80. The lowest BCUT2D eigenvalue weighted by atomic mass is 10.0. The number of hydrogen-bond acceptors (Lipinski definition) is 5. The zero-order valence-corrected chi connectivity index (χ0v) is 17.5. The minimum absolute atomic E-state index is 0.238. The highest BCUT2D eigenvalue weighted by Crippen LogP contribution is 2.44. The molecule has 0 N–H and O–H groups in total. The van der Waals surface area contributed by atoms with Crippen LogP contribution in [0.4, 0.5) is 0 Å². The molecule has 0 radical (unpaired) electrons. The molecule has 5 rings (SSSR count). The van der Waals surface area contributed by atoms with Gasteiger partial charge in [-0.15, -0.1) is 0 Å². The summed E-state index contributed by atoms with van der Waals surface area (Å²) in [6.45, 7) is 4.14. The van der Waals surface area contributed by atoms with Crippen molar-refractivity contribution in [3.63, 3.8) is 0 Å². The molecule has 6 nitrogen and oxygen atoms in total. The highest BCUT2D eigenvalue weighted by Gasteiger charge is 2.32. The average Bonchev–Trinajstić information content (AvgIpc) is 3.54. The van der Waals surface area contributed by atoms with Gasteiger partial charge in [0.05, 0.1) is 17.0 Å². The Balaban J connectivity index is 1.61. The van der Waals surface area contributed by atoms with E-state index in [-0.39, 0.29) is 5.60 Å².